The molecule has 6 nitrogen and oxygen atoms in total. The van der Waals surface area contributed by atoms with Gasteiger partial charge in [0.15, 0.2) is 5.76 Å². The van der Waals surface area contributed by atoms with Gasteiger partial charge in [-0.2, -0.15) is 0 Å². The molecule has 1 aromatic heterocycles. The van der Waals surface area contributed by atoms with Gasteiger partial charge >= 0.3 is 0 Å². The lowest BCUT2D eigenvalue weighted by atomic mass is 9.95. The van der Waals surface area contributed by atoms with Gasteiger partial charge < -0.3 is 29.6 Å². The summed E-state index contributed by atoms with van der Waals surface area (Å²) in [5.74, 6) is -2.12. The zero-order valence-electron chi connectivity index (χ0n) is 7.78. The van der Waals surface area contributed by atoms with Crippen molar-refractivity contribution in [2.24, 2.45) is 0 Å². The van der Waals surface area contributed by atoms with Crippen LogP contribution in [0.25, 0.3) is 0 Å². The predicted octanol–water partition coefficient (Wildman–Crippen LogP) is -1.46. The van der Waals surface area contributed by atoms with E-state index in [4.69, 9.17) is 9.15 Å². The van der Waals surface area contributed by atoms with Crippen LogP contribution in [-0.4, -0.2) is 45.3 Å². The fraction of sp³-hybridized carbons (Fsp3) is 0.556. The first-order valence-electron chi connectivity index (χ1n) is 4.50. The van der Waals surface area contributed by atoms with E-state index in [-0.39, 0.29) is 12.4 Å². The van der Waals surface area contributed by atoms with Gasteiger partial charge in [-0.3, -0.25) is 0 Å². The van der Waals surface area contributed by atoms with Crippen LogP contribution in [0.1, 0.15) is 5.76 Å². The summed E-state index contributed by atoms with van der Waals surface area (Å²) in [4.78, 5) is 0. The van der Waals surface area contributed by atoms with Crippen LogP contribution >= 0.6 is 0 Å². The highest BCUT2D eigenvalue weighted by Gasteiger charge is 2.51. The topological polar surface area (TPSA) is 103 Å². The number of aliphatic hydroxyl groups is 4. The summed E-state index contributed by atoms with van der Waals surface area (Å²) in [5, 5.41) is 38.1. The summed E-state index contributed by atoms with van der Waals surface area (Å²) in [5.41, 5.74) is 0. The maximum Gasteiger partial charge on any atom is 0.255 e. The number of rotatable bonds is 1. The van der Waals surface area contributed by atoms with Crippen molar-refractivity contribution in [2.45, 2.75) is 24.1 Å². The second-order valence-electron chi connectivity index (χ2n) is 3.49. The lowest BCUT2D eigenvalue weighted by molar-refractivity contribution is -0.336. The first-order chi connectivity index (χ1) is 7.05. The fourth-order valence-corrected chi connectivity index (χ4v) is 1.54. The number of ether oxygens (including phenoxy) is 1. The van der Waals surface area contributed by atoms with Crippen molar-refractivity contribution in [1.82, 2.24) is 0 Å². The second-order valence-corrected chi connectivity index (χ2v) is 3.49. The minimum Gasteiger partial charge on any atom is -0.464 e. The minimum absolute atomic E-state index is 0.0130. The molecule has 1 fully saturated rings. The van der Waals surface area contributed by atoms with E-state index in [0.29, 0.717) is 0 Å². The molecule has 2 rings (SSSR count). The minimum atomic E-state index is -2.11. The van der Waals surface area contributed by atoms with E-state index >= 15 is 0 Å². The molecule has 0 radical (unpaired) electrons. The fourth-order valence-electron chi connectivity index (χ4n) is 1.54. The average Bonchev–Trinajstić information content (AvgIpc) is 2.75. The van der Waals surface area contributed by atoms with Crippen LogP contribution in [0.15, 0.2) is 22.8 Å². The van der Waals surface area contributed by atoms with Crippen molar-refractivity contribution in [1.29, 1.82) is 0 Å². The molecule has 0 aromatic carbocycles. The summed E-state index contributed by atoms with van der Waals surface area (Å²) in [6, 6.07) is 2.93. The predicted molar refractivity (Wildman–Crippen MR) is 46.6 cm³/mol. The van der Waals surface area contributed by atoms with Crippen molar-refractivity contribution in [3.63, 3.8) is 0 Å². The van der Waals surface area contributed by atoms with Gasteiger partial charge in [0.25, 0.3) is 5.79 Å². The Bertz CT molecular complexity index is 323. The Morgan fingerprint density at radius 3 is 2.67 bits per heavy atom. The van der Waals surface area contributed by atoms with Crippen LogP contribution in [-0.2, 0) is 10.5 Å². The van der Waals surface area contributed by atoms with E-state index in [1.165, 1.54) is 18.4 Å². The summed E-state index contributed by atoms with van der Waals surface area (Å²) in [6.45, 7) is -0.282. The highest BCUT2D eigenvalue weighted by atomic mass is 16.7. The Kier molecular flexibility index (Phi) is 2.53. The molecule has 15 heavy (non-hydrogen) atoms. The smallest absolute Gasteiger partial charge is 0.255 e. The molecule has 84 valence electrons. The van der Waals surface area contributed by atoms with E-state index < -0.39 is 24.1 Å². The molecule has 6 heteroatoms. The molecule has 0 spiro atoms. The summed E-state index contributed by atoms with van der Waals surface area (Å²) < 4.78 is 9.81. The average molecular weight is 216 g/mol. The zero-order chi connectivity index (χ0) is 11.1. The SMILES string of the molecule is O[C@@H]1[C@H](O)CO[C@@](O)(c2ccco2)[C@H]1O. The van der Waals surface area contributed by atoms with Gasteiger partial charge in [0.1, 0.15) is 18.3 Å². The van der Waals surface area contributed by atoms with E-state index in [2.05, 4.69) is 0 Å². The molecule has 1 aliphatic heterocycles. The molecule has 0 aliphatic carbocycles. The van der Waals surface area contributed by atoms with Gasteiger partial charge in [-0.1, -0.05) is 0 Å². The van der Waals surface area contributed by atoms with Gasteiger partial charge in [-0.05, 0) is 12.1 Å². The van der Waals surface area contributed by atoms with E-state index in [9.17, 15) is 20.4 Å². The Morgan fingerprint density at radius 1 is 1.33 bits per heavy atom. The second kappa shape index (κ2) is 3.58. The standard InChI is InChI=1S/C9H12O6/c10-5-4-15-9(13,8(12)7(5)11)6-2-1-3-14-6/h1-3,5,7-8,10-13H,4H2/t5-,7-,8+,9+/m1/s1. The van der Waals surface area contributed by atoms with Crippen molar-refractivity contribution in [3.8, 4) is 0 Å². The number of furan rings is 1. The molecular weight excluding hydrogens is 204 g/mol. The molecule has 4 atom stereocenters. The molecule has 4 N–H and O–H groups in total. The first-order valence-corrected chi connectivity index (χ1v) is 4.50. The van der Waals surface area contributed by atoms with Crippen LogP contribution in [0.3, 0.4) is 0 Å². The van der Waals surface area contributed by atoms with E-state index in [1.54, 1.807) is 0 Å². The third-order valence-electron chi connectivity index (χ3n) is 2.47. The van der Waals surface area contributed by atoms with Gasteiger partial charge in [-0.15, -0.1) is 0 Å². The van der Waals surface area contributed by atoms with Crippen molar-refractivity contribution in [3.05, 3.63) is 24.2 Å². The molecule has 1 saturated heterocycles. The number of hydrogen-bond donors (Lipinski definition) is 4. The Morgan fingerprint density at radius 2 is 2.07 bits per heavy atom. The van der Waals surface area contributed by atoms with Gasteiger partial charge in [0.2, 0.25) is 0 Å². The Balaban J connectivity index is 2.29. The van der Waals surface area contributed by atoms with Gasteiger partial charge in [0.05, 0.1) is 12.9 Å². The monoisotopic (exact) mass is 216 g/mol. The quantitative estimate of drug-likeness (QED) is 0.457. The zero-order valence-corrected chi connectivity index (χ0v) is 7.78. The van der Waals surface area contributed by atoms with E-state index in [0.717, 1.165) is 0 Å². The summed E-state index contributed by atoms with van der Waals surface area (Å²) in [7, 11) is 0. The van der Waals surface area contributed by atoms with Crippen LogP contribution in [0.5, 0.6) is 0 Å². The van der Waals surface area contributed by atoms with Crippen molar-refractivity contribution < 1.29 is 29.6 Å². The summed E-state index contributed by atoms with van der Waals surface area (Å²) >= 11 is 0. The lowest BCUT2D eigenvalue weighted by Gasteiger charge is -2.40. The maximum atomic E-state index is 9.95. The molecular formula is C9H12O6. The normalized spacial score (nSPS) is 41.7. The molecule has 0 saturated carbocycles. The highest BCUT2D eigenvalue weighted by molar-refractivity contribution is 5.11. The van der Waals surface area contributed by atoms with Crippen molar-refractivity contribution >= 4 is 0 Å². The van der Waals surface area contributed by atoms with Gasteiger partial charge in [0, 0.05) is 0 Å². The third kappa shape index (κ3) is 1.56. The third-order valence-corrected chi connectivity index (χ3v) is 2.47. The molecule has 1 aromatic rings. The van der Waals surface area contributed by atoms with Crippen LogP contribution in [0.4, 0.5) is 0 Å². The molecule has 0 amide bonds. The summed E-state index contributed by atoms with van der Waals surface area (Å²) in [6.07, 6.45) is -3.06. The maximum absolute atomic E-state index is 9.95. The van der Waals surface area contributed by atoms with Crippen LogP contribution < -0.4 is 0 Å². The first kappa shape index (κ1) is 10.6. The van der Waals surface area contributed by atoms with Crippen LogP contribution in [0.2, 0.25) is 0 Å². The van der Waals surface area contributed by atoms with Crippen LogP contribution in [0, 0.1) is 0 Å². The number of aliphatic hydroxyl groups excluding tert-OH is 3. The molecule has 1 aliphatic rings. The van der Waals surface area contributed by atoms with Gasteiger partial charge in [-0.25, -0.2) is 0 Å². The van der Waals surface area contributed by atoms with Crippen molar-refractivity contribution in [2.75, 3.05) is 6.61 Å². The largest absolute Gasteiger partial charge is 0.464 e. The molecule has 0 bridgehead atoms. The molecule has 2 heterocycles. The number of hydrogen-bond acceptors (Lipinski definition) is 6. The Labute approximate surface area is 85.3 Å². The molecule has 0 unspecified atom stereocenters. The lowest BCUT2D eigenvalue weighted by Crippen LogP contribution is -2.58. The van der Waals surface area contributed by atoms with E-state index in [1.807, 2.05) is 0 Å². The highest BCUT2D eigenvalue weighted by Crippen LogP contribution is 2.33. The Hall–Kier alpha value is -0.920.